The molecule has 0 aliphatic heterocycles. The summed E-state index contributed by atoms with van der Waals surface area (Å²) in [6.07, 6.45) is 0. The average molecular weight is 375 g/mol. The number of carbonyl (C=O) groups excluding carboxylic acids is 1. The van der Waals surface area contributed by atoms with Gasteiger partial charge in [-0.05, 0) is 30.3 Å². The van der Waals surface area contributed by atoms with E-state index in [4.69, 9.17) is 22.1 Å². The van der Waals surface area contributed by atoms with E-state index in [1.165, 1.54) is 31.4 Å². The summed E-state index contributed by atoms with van der Waals surface area (Å²) in [5, 5.41) is 0.0812. The van der Waals surface area contributed by atoms with Crippen LogP contribution in [-0.2, 0) is 4.74 Å². The molecule has 0 saturated carbocycles. The molecule has 0 fully saturated rings. The van der Waals surface area contributed by atoms with E-state index in [9.17, 15) is 9.18 Å². The second-order valence-corrected chi connectivity index (χ2v) is 5.37. The molecule has 0 heterocycles. The predicted molar refractivity (Wildman–Crippen MR) is 81.4 cm³/mol. The number of hydrogen-bond acceptors (Lipinski definition) is 4. The molecule has 0 aromatic heterocycles. The SMILES string of the molecule is COC(=O)c1cc(N)cc(Cl)c1Oc1ccc(Br)cc1F. The lowest BCUT2D eigenvalue weighted by Crippen LogP contribution is -2.06. The fourth-order valence-corrected chi connectivity index (χ4v) is 2.25. The number of esters is 1. The minimum Gasteiger partial charge on any atom is -0.465 e. The number of hydrogen-bond donors (Lipinski definition) is 1. The highest BCUT2D eigenvalue weighted by atomic mass is 79.9. The average Bonchev–Trinajstić information content (AvgIpc) is 2.42. The Hall–Kier alpha value is -1.79. The summed E-state index contributed by atoms with van der Waals surface area (Å²) >= 11 is 9.17. The smallest absolute Gasteiger partial charge is 0.341 e. The molecular formula is C14H10BrClFNO3. The molecule has 0 saturated heterocycles. The van der Waals surface area contributed by atoms with E-state index in [1.54, 1.807) is 6.07 Å². The van der Waals surface area contributed by atoms with Crippen LogP contribution in [-0.4, -0.2) is 13.1 Å². The van der Waals surface area contributed by atoms with Gasteiger partial charge in [0.15, 0.2) is 17.3 Å². The maximum atomic E-state index is 13.8. The Morgan fingerprint density at radius 2 is 2.05 bits per heavy atom. The molecule has 0 radical (unpaired) electrons. The van der Waals surface area contributed by atoms with E-state index in [0.717, 1.165) is 0 Å². The Kier molecular flexibility index (Phi) is 4.69. The summed E-state index contributed by atoms with van der Waals surface area (Å²) in [5.74, 6) is -1.38. The molecule has 0 spiro atoms. The molecule has 7 heteroatoms. The monoisotopic (exact) mass is 373 g/mol. The number of halogens is 3. The van der Waals surface area contributed by atoms with Crippen molar-refractivity contribution in [3.8, 4) is 11.5 Å². The Balaban J connectivity index is 2.50. The van der Waals surface area contributed by atoms with E-state index in [2.05, 4.69) is 20.7 Å². The molecule has 2 aromatic carbocycles. The topological polar surface area (TPSA) is 61.5 Å². The molecule has 0 atom stereocenters. The van der Waals surface area contributed by atoms with Crippen molar-refractivity contribution in [2.24, 2.45) is 0 Å². The Morgan fingerprint density at radius 1 is 1.33 bits per heavy atom. The van der Waals surface area contributed by atoms with Crippen LogP contribution in [0.1, 0.15) is 10.4 Å². The van der Waals surface area contributed by atoms with Gasteiger partial charge in [0.2, 0.25) is 0 Å². The van der Waals surface area contributed by atoms with Crippen LogP contribution < -0.4 is 10.5 Å². The van der Waals surface area contributed by atoms with Gasteiger partial charge >= 0.3 is 5.97 Å². The number of nitrogen functional groups attached to an aromatic ring is 1. The van der Waals surface area contributed by atoms with Crippen LogP contribution in [0.15, 0.2) is 34.8 Å². The fourth-order valence-electron chi connectivity index (χ4n) is 1.65. The first-order valence-electron chi connectivity index (χ1n) is 5.72. The van der Waals surface area contributed by atoms with E-state index in [0.29, 0.717) is 4.47 Å². The predicted octanol–water partition coefficient (Wildman–Crippen LogP) is 4.40. The van der Waals surface area contributed by atoms with Gasteiger partial charge in [-0.15, -0.1) is 0 Å². The molecule has 0 aliphatic rings. The zero-order valence-corrected chi connectivity index (χ0v) is 13.2. The molecule has 0 bridgehead atoms. The summed E-state index contributed by atoms with van der Waals surface area (Å²) in [5.41, 5.74) is 5.92. The second kappa shape index (κ2) is 6.32. The largest absolute Gasteiger partial charge is 0.465 e. The highest BCUT2D eigenvalue weighted by Crippen LogP contribution is 2.36. The van der Waals surface area contributed by atoms with Crippen molar-refractivity contribution in [3.63, 3.8) is 0 Å². The van der Waals surface area contributed by atoms with Gasteiger partial charge in [-0.2, -0.15) is 0 Å². The van der Waals surface area contributed by atoms with Crippen LogP contribution in [0, 0.1) is 5.82 Å². The number of ether oxygens (including phenoxy) is 2. The number of benzene rings is 2. The maximum absolute atomic E-state index is 13.8. The standard InChI is InChI=1S/C14H10BrClFNO3/c1-20-14(19)9-5-8(18)6-10(16)13(9)21-12-3-2-7(15)4-11(12)17/h2-6H,18H2,1H3. The van der Waals surface area contributed by atoms with Crippen LogP contribution in [0.4, 0.5) is 10.1 Å². The summed E-state index contributed by atoms with van der Waals surface area (Å²) in [6.45, 7) is 0. The van der Waals surface area contributed by atoms with E-state index < -0.39 is 11.8 Å². The van der Waals surface area contributed by atoms with Crippen molar-refractivity contribution < 1.29 is 18.7 Å². The lowest BCUT2D eigenvalue weighted by molar-refractivity contribution is 0.0598. The quantitative estimate of drug-likeness (QED) is 0.639. The molecule has 0 amide bonds. The van der Waals surface area contributed by atoms with Crippen LogP contribution in [0.25, 0.3) is 0 Å². The summed E-state index contributed by atoms with van der Waals surface area (Å²) in [4.78, 5) is 11.8. The fraction of sp³-hybridized carbons (Fsp3) is 0.0714. The van der Waals surface area contributed by atoms with Crippen molar-refractivity contribution in [2.45, 2.75) is 0 Å². The van der Waals surface area contributed by atoms with Gasteiger partial charge < -0.3 is 15.2 Å². The Morgan fingerprint density at radius 3 is 2.67 bits per heavy atom. The molecule has 2 N–H and O–H groups in total. The third-order valence-corrected chi connectivity index (χ3v) is 3.35. The van der Waals surface area contributed by atoms with Crippen LogP contribution in [0.2, 0.25) is 5.02 Å². The van der Waals surface area contributed by atoms with Crippen molar-refractivity contribution >= 4 is 39.2 Å². The zero-order valence-electron chi connectivity index (χ0n) is 10.8. The maximum Gasteiger partial charge on any atom is 0.341 e. The number of nitrogens with two attached hydrogens (primary N) is 1. The normalized spacial score (nSPS) is 10.3. The van der Waals surface area contributed by atoms with E-state index in [-0.39, 0.29) is 27.8 Å². The zero-order chi connectivity index (χ0) is 15.6. The highest BCUT2D eigenvalue weighted by molar-refractivity contribution is 9.10. The van der Waals surface area contributed by atoms with Gasteiger partial charge in [0.25, 0.3) is 0 Å². The minimum absolute atomic E-state index is 0.0149. The molecular weight excluding hydrogens is 365 g/mol. The number of carbonyl (C=O) groups is 1. The van der Waals surface area contributed by atoms with E-state index >= 15 is 0 Å². The van der Waals surface area contributed by atoms with Crippen molar-refractivity contribution in [1.82, 2.24) is 0 Å². The van der Waals surface area contributed by atoms with Crippen molar-refractivity contribution in [2.75, 3.05) is 12.8 Å². The Bertz CT molecular complexity index is 709. The number of methoxy groups -OCH3 is 1. The molecule has 0 aliphatic carbocycles. The molecule has 2 aromatic rings. The number of rotatable bonds is 3. The summed E-state index contributed by atoms with van der Waals surface area (Å²) in [6, 6.07) is 7.00. The molecule has 4 nitrogen and oxygen atoms in total. The third-order valence-electron chi connectivity index (χ3n) is 2.58. The molecule has 0 unspecified atom stereocenters. The van der Waals surface area contributed by atoms with Crippen molar-refractivity contribution in [1.29, 1.82) is 0 Å². The first-order valence-corrected chi connectivity index (χ1v) is 6.89. The first-order chi connectivity index (χ1) is 9.92. The lowest BCUT2D eigenvalue weighted by atomic mass is 10.1. The van der Waals surface area contributed by atoms with Gasteiger partial charge in [-0.3, -0.25) is 0 Å². The molecule has 21 heavy (non-hydrogen) atoms. The minimum atomic E-state index is -0.684. The van der Waals surface area contributed by atoms with Crippen LogP contribution >= 0.6 is 27.5 Å². The highest BCUT2D eigenvalue weighted by Gasteiger charge is 2.19. The van der Waals surface area contributed by atoms with Gasteiger partial charge in [0.1, 0.15) is 5.56 Å². The van der Waals surface area contributed by atoms with E-state index in [1.807, 2.05) is 0 Å². The third kappa shape index (κ3) is 3.46. The first kappa shape index (κ1) is 15.6. The second-order valence-electron chi connectivity index (χ2n) is 4.05. The van der Waals surface area contributed by atoms with Gasteiger partial charge in [0.05, 0.1) is 12.1 Å². The van der Waals surface area contributed by atoms with Gasteiger partial charge in [-0.25, -0.2) is 9.18 Å². The Labute approximate surface area is 133 Å². The molecule has 110 valence electrons. The summed E-state index contributed by atoms with van der Waals surface area (Å²) < 4.78 is 24.4. The summed E-state index contributed by atoms with van der Waals surface area (Å²) in [7, 11) is 1.21. The van der Waals surface area contributed by atoms with Crippen LogP contribution in [0.3, 0.4) is 0 Å². The van der Waals surface area contributed by atoms with Crippen molar-refractivity contribution in [3.05, 3.63) is 51.2 Å². The molecule has 2 rings (SSSR count). The van der Waals surface area contributed by atoms with Gasteiger partial charge in [-0.1, -0.05) is 27.5 Å². The van der Waals surface area contributed by atoms with Crippen LogP contribution in [0.5, 0.6) is 11.5 Å². The number of anilines is 1. The van der Waals surface area contributed by atoms with Gasteiger partial charge in [0, 0.05) is 10.2 Å². The lowest BCUT2D eigenvalue weighted by Gasteiger charge is -2.13.